The maximum Gasteiger partial charge on any atom is 0.119 e. The number of rotatable bonds is 7. The van der Waals surface area contributed by atoms with Crippen molar-refractivity contribution in [2.45, 2.75) is 70.1 Å². The van der Waals surface area contributed by atoms with Crippen LogP contribution in [0.2, 0.25) is 0 Å². The second-order valence-corrected chi connectivity index (χ2v) is 10.4. The number of hydrogen-bond donors (Lipinski definition) is 1. The average Bonchev–Trinajstić information content (AvgIpc) is 2.89. The minimum atomic E-state index is 0. The molecule has 188 valence electrons. The molecule has 1 N–H and O–H groups in total. The van der Waals surface area contributed by atoms with E-state index in [1.807, 2.05) is 12.1 Å². The first-order chi connectivity index (χ1) is 16.7. The Morgan fingerprint density at radius 3 is 2.34 bits per heavy atom. The van der Waals surface area contributed by atoms with Gasteiger partial charge in [0.1, 0.15) is 18.1 Å². The molecule has 1 saturated heterocycles. The number of ether oxygens (including phenoxy) is 1. The van der Waals surface area contributed by atoms with E-state index < -0.39 is 0 Å². The van der Waals surface area contributed by atoms with Gasteiger partial charge >= 0.3 is 0 Å². The van der Waals surface area contributed by atoms with Crippen molar-refractivity contribution in [2.24, 2.45) is 0 Å². The highest BCUT2D eigenvalue weighted by molar-refractivity contribution is 5.89. The van der Waals surface area contributed by atoms with Crippen molar-refractivity contribution in [2.75, 3.05) is 26.2 Å². The molecule has 4 heteroatoms. The van der Waals surface area contributed by atoms with Crippen molar-refractivity contribution in [3.8, 4) is 11.5 Å². The first kappa shape index (κ1) is 25.9. The molecule has 1 heterocycles. The van der Waals surface area contributed by atoms with E-state index in [0.29, 0.717) is 11.7 Å². The molecule has 0 radical (unpaired) electrons. The molecule has 3 aromatic rings. The summed E-state index contributed by atoms with van der Waals surface area (Å²) in [5.41, 5.74) is 4.26. The third kappa shape index (κ3) is 6.13. The molecule has 1 saturated carbocycles. The molecule has 3 aromatic carbocycles. The van der Waals surface area contributed by atoms with Crippen molar-refractivity contribution in [3.63, 3.8) is 0 Å². The van der Waals surface area contributed by atoms with Gasteiger partial charge in [0.25, 0.3) is 0 Å². The summed E-state index contributed by atoms with van der Waals surface area (Å²) in [5, 5.41) is 12.5. The van der Waals surface area contributed by atoms with Gasteiger partial charge in [-0.25, -0.2) is 0 Å². The lowest BCUT2D eigenvalue weighted by atomic mass is 9.77. The molecule has 2 fully saturated rings. The van der Waals surface area contributed by atoms with Crippen LogP contribution in [-0.4, -0.2) is 36.2 Å². The number of aromatic hydroxyl groups is 1. The third-order valence-electron chi connectivity index (χ3n) is 8.06. The van der Waals surface area contributed by atoms with Gasteiger partial charge in [0.05, 0.1) is 0 Å². The van der Waals surface area contributed by atoms with Crippen LogP contribution in [0.5, 0.6) is 11.5 Å². The Hall–Kier alpha value is -2.23. The van der Waals surface area contributed by atoms with Gasteiger partial charge in [0, 0.05) is 12.5 Å². The van der Waals surface area contributed by atoms with Crippen LogP contribution in [0, 0.1) is 0 Å². The van der Waals surface area contributed by atoms with E-state index >= 15 is 0 Å². The largest absolute Gasteiger partial charge is 0.508 e. The molecule has 1 aliphatic heterocycles. The fourth-order valence-corrected chi connectivity index (χ4v) is 6.11. The Bertz CT molecular complexity index is 1090. The first-order valence-electron chi connectivity index (χ1n) is 13.4. The van der Waals surface area contributed by atoms with Gasteiger partial charge in [-0.3, -0.25) is 4.90 Å². The van der Waals surface area contributed by atoms with Crippen LogP contribution in [0.3, 0.4) is 0 Å². The van der Waals surface area contributed by atoms with Gasteiger partial charge in [0.15, 0.2) is 0 Å². The summed E-state index contributed by atoms with van der Waals surface area (Å²) in [4.78, 5) is 2.52. The Balaban J connectivity index is 0.00000289. The summed E-state index contributed by atoms with van der Waals surface area (Å²) in [6, 6.07) is 19.1. The van der Waals surface area contributed by atoms with E-state index in [0.717, 1.165) is 24.3 Å². The van der Waals surface area contributed by atoms with E-state index in [4.69, 9.17) is 4.74 Å². The van der Waals surface area contributed by atoms with Crippen molar-refractivity contribution >= 4 is 23.2 Å². The fourth-order valence-electron chi connectivity index (χ4n) is 6.11. The quantitative estimate of drug-likeness (QED) is 0.361. The summed E-state index contributed by atoms with van der Waals surface area (Å²) in [6.45, 7) is 6.54. The van der Waals surface area contributed by atoms with Gasteiger partial charge < -0.3 is 9.84 Å². The maximum atomic E-state index is 10.1. The van der Waals surface area contributed by atoms with Gasteiger partial charge in [0.2, 0.25) is 0 Å². The number of halogens is 1. The molecule has 0 aromatic heterocycles. The molecule has 3 nitrogen and oxygen atoms in total. The van der Waals surface area contributed by atoms with Crippen molar-refractivity contribution < 1.29 is 9.84 Å². The Morgan fingerprint density at radius 2 is 1.60 bits per heavy atom. The second kappa shape index (κ2) is 12.1. The number of phenolic OH excluding ortho intramolecular Hbond substituents is 1. The highest BCUT2D eigenvalue weighted by Gasteiger charge is 2.23. The smallest absolute Gasteiger partial charge is 0.119 e. The van der Waals surface area contributed by atoms with Crippen LogP contribution < -0.4 is 4.74 Å². The summed E-state index contributed by atoms with van der Waals surface area (Å²) >= 11 is 0. The van der Waals surface area contributed by atoms with E-state index in [1.165, 1.54) is 86.5 Å². The zero-order chi connectivity index (χ0) is 23.3. The standard InChI is InChI=1S/C31H39NO2.ClH/c1-23(24-10-14-28(15-11-24)34-21-20-32-18-6-3-7-19-32)31-29(25-8-4-2-5-9-25)16-12-26-22-27(33)13-17-30(26)31;/h10-17,22-23,25,33H,2-9,18-21H2,1H3;1H. The Labute approximate surface area is 216 Å². The summed E-state index contributed by atoms with van der Waals surface area (Å²) in [7, 11) is 0. The third-order valence-corrected chi connectivity index (χ3v) is 8.06. The molecule has 0 amide bonds. The Morgan fingerprint density at radius 1 is 0.886 bits per heavy atom. The lowest BCUT2D eigenvalue weighted by Gasteiger charge is -2.28. The van der Waals surface area contributed by atoms with E-state index in [-0.39, 0.29) is 18.3 Å². The fraction of sp³-hybridized carbons (Fsp3) is 0.484. The number of hydrogen-bond acceptors (Lipinski definition) is 3. The van der Waals surface area contributed by atoms with Gasteiger partial charge in [-0.05, 0) is 96.4 Å². The number of fused-ring (bicyclic) bond motifs is 1. The maximum absolute atomic E-state index is 10.1. The number of piperidine rings is 1. The highest BCUT2D eigenvalue weighted by atomic mass is 35.5. The molecular weight excluding hydrogens is 454 g/mol. The van der Waals surface area contributed by atoms with Crippen LogP contribution in [0.15, 0.2) is 54.6 Å². The van der Waals surface area contributed by atoms with Crippen LogP contribution in [0.4, 0.5) is 0 Å². The van der Waals surface area contributed by atoms with Gasteiger partial charge in [-0.2, -0.15) is 0 Å². The highest BCUT2D eigenvalue weighted by Crippen LogP contribution is 2.42. The average molecular weight is 494 g/mol. The van der Waals surface area contributed by atoms with Crippen LogP contribution >= 0.6 is 12.4 Å². The predicted octanol–water partition coefficient (Wildman–Crippen LogP) is 8.03. The van der Waals surface area contributed by atoms with Crippen LogP contribution in [0.1, 0.15) is 86.8 Å². The zero-order valence-electron chi connectivity index (χ0n) is 21.0. The number of likely N-dealkylation sites (tertiary alicyclic amines) is 1. The van der Waals surface area contributed by atoms with Crippen molar-refractivity contribution in [3.05, 3.63) is 71.3 Å². The lowest BCUT2D eigenvalue weighted by molar-refractivity contribution is 0.183. The Kier molecular flexibility index (Phi) is 8.97. The summed E-state index contributed by atoms with van der Waals surface area (Å²) in [6.07, 6.45) is 10.6. The predicted molar refractivity (Wildman–Crippen MR) is 148 cm³/mol. The molecule has 1 atom stereocenters. The summed E-state index contributed by atoms with van der Waals surface area (Å²) in [5.74, 6) is 2.22. The van der Waals surface area contributed by atoms with Crippen molar-refractivity contribution in [1.29, 1.82) is 0 Å². The lowest BCUT2D eigenvalue weighted by Crippen LogP contribution is -2.33. The van der Waals surface area contributed by atoms with Crippen LogP contribution in [0.25, 0.3) is 10.8 Å². The molecule has 0 spiro atoms. The van der Waals surface area contributed by atoms with E-state index in [1.54, 1.807) is 0 Å². The number of benzene rings is 3. The minimum Gasteiger partial charge on any atom is -0.508 e. The summed E-state index contributed by atoms with van der Waals surface area (Å²) < 4.78 is 6.08. The molecule has 2 aliphatic rings. The van der Waals surface area contributed by atoms with Crippen molar-refractivity contribution in [1.82, 2.24) is 4.90 Å². The molecule has 5 rings (SSSR count). The molecule has 1 aliphatic carbocycles. The number of phenols is 1. The minimum absolute atomic E-state index is 0. The van der Waals surface area contributed by atoms with Gasteiger partial charge in [-0.1, -0.05) is 62.9 Å². The van der Waals surface area contributed by atoms with Crippen LogP contribution in [-0.2, 0) is 0 Å². The zero-order valence-corrected chi connectivity index (χ0v) is 21.9. The van der Waals surface area contributed by atoms with Gasteiger partial charge in [-0.15, -0.1) is 12.4 Å². The normalized spacial score (nSPS) is 18.2. The van der Waals surface area contributed by atoms with E-state index in [9.17, 15) is 5.11 Å². The van der Waals surface area contributed by atoms with E-state index in [2.05, 4.69) is 54.3 Å². The topological polar surface area (TPSA) is 32.7 Å². The molecular formula is C31H40ClNO2. The second-order valence-electron chi connectivity index (χ2n) is 10.4. The first-order valence-corrected chi connectivity index (χ1v) is 13.4. The molecule has 0 bridgehead atoms. The molecule has 1 unspecified atom stereocenters. The molecule has 35 heavy (non-hydrogen) atoms. The SMILES string of the molecule is CC(c1ccc(OCCN2CCCCC2)cc1)c1c(C2CCCCC2)ccc2cc(O)ccc12.Cl. The number of nitrogens with zero attached hydrogens (tertiary/aromatic N) is 1. The monoisotopic (exact) mass is 493 g/mol.